The third kappa shape index (κ3) is 3.09. The van der Waals surface area contributed by atoms with Gasteiger partial charge in [-0.25, -0.2) is 0 Å². The van der Waals surface area contributed by atoms with Crippen LogP contribution in [0.3, 0.4) is 0 Å². The molecule has 1 aliphatic heterocycles. The highest BCUT2D eigenvalue weighted by molar-refractivity contribution is 5.89. The molecule has 25 heavy (non-hydrogen) atoms. The van der Waals surface area contributed by atoms with E-state index in [2.05, 4.69) is 0 Å². The van der Waals surface area contributed by atoms with Crippen LogP contribution in [0.5, 0.6) is 5.75 Å². The molecule has 0 bridgehead atoms. The Kier molecular flexibility index (Phi) is 4.23. The van der Waals surface area contributed by atoms with E-state index < -0.39 is 17.6 Å². The Morgan fingerprint density at radius 2 is 2.08 bits per heavy atom. The van der Waals surface area contributed by atoms with Crippen molar-refractivity contribution in [1.29, 1.82) is 0 Å². The number of hydrogen-bond donors (Lipinski definition) is 1. The van der Waals surface area contributed by atoms with Gasteiger partial charge in [0.15, 0.2) is 17.9 Å². The van der Waals surface area contributed by atoms with Gasteiger partial charge in [-0.3, -0.25) is 0 Å². The average Bonchev–Trinajstić information content (AvgIpc) is 2.92. The summed E-state index contributed by atoms with van der Waals surface area (Å²) in [5.41, 5.74) is 0.939. The van der Waals surface area contributed by atoms with Crippen molar-refractivity contribution in [2.24, 2.45) is 5.92 Å². The number of aliphatic hydroxyl groups is 1. The Morgan fingerprint density at radius 3 is 2.64 bits per heavy atom. The molecule has 2 aromatic rings. The molecule has 0 unspecified atom stereocenters. The van der Waals surface area contributed by atoms with Crippen molar-refractivity contribution in [2.75, 3.05) is 0 Å². The first-order chi connectivity index (χ1) is 11.6. The number of aromatic nitrogens is 1. The molecule has 1 aromatic carbocycles. The van der Waals surface area contributed by atoms with Crippen LogP contribution in [0.1, 0.15) is 45.0 Å². The molecule has 2 atom stereocenters. The van der Waals surface area contributed by atoms with Crippen molar-refractivity contribution in [3.63, 3.8) is 0 Å². The zero-order valence-electron chi connectivity index (χ0n) is 15.4. The normalized spacial score (nSPS) is 18.3. The minimum atomic E-state index is -1.09. The van der Waals surface area contributed by atoms with E-state index in [1.165, 1.54) is 0 Å². The van der Waals surface area contributed by atoms with Crippen LogP contribution in [0, 0.1) is 12.8 Å². The maximum Gasteiger partial charge on any atom is 0.200 e. The Bertz CT molecular complexity index is 836. The van der Waals surface area contributed by atoms with Gasteiger partial charge in [0.05, 0.1) is 11.0 Å². The molecule has 0 radical (unpaired) electrons. The molecule has 0 fully saturated rings. The number of nitrogens with zero attached hydrogens (tertiary/aromatic N) is 1. The molecule has 0 saturated heterocycles. The highest BCUT2D eigenvalue weighted by Crippen LogP contribution is 2.38. The highest BCUT2D eigenvalue weighted by atomic mass is 16.5. The first-order valence-corrected chi connectivity index (χ1v) is 8.67. The summed E-state index contributed by atoms with van der Waals surface area (Å²) in [7, 11) is 0. The van der Waals surface area contributed by atoms with Gasteiger partial charge in [0.2, 0.25) is 0 Å². The predicted octanol–water partition coefficient (Wildman–Crippen LogP) is 1.46. The fraction of sp³-hybridized carbons (Fsp3) is 0.500. The van der Waals surface area contributed by atoms with E-state index in [1.54, 1.807) is 18.4 Å². The van der Waals surface area contributed by atoms with Crippen molar-refractivity contribution in [2.45, 2.75) is 58.8 Å². The van der Waals surface area contributed by atoms with Gasteiger partial charge < -0.3 is 19.7 Å². The number of ether oxygens (including phenoxy) is 1. The van der Waals surface area contributed by atoms with Crippen LogP contribution < -0.4 is 14.4 Å². The second-order valence-electron chi connectivity index (χ2n) is 7.85. The maximum absolute atomic E-state index is 11.7. The molecule has 5 heteroatoms. The first-order valence-electron chi connectivity index (χ1n) is 8.67. The topological polar surface area (TPSA) is 73.5 Å². The summed E-state index contributed by atoms with van der Waals surface area (Å²) in [5, 5.41) is 23.8. The smallest absolute Gasteiger partial charge is 0.200 e. The van der Waals surface area contributed by atoms with E-state index in [0.717, 1.165) is 27.8 Å². The summed E-state index contributed by atoms with van der Waals surface area (Å²) in [5.74, 6) is -0.461. The monoisotopic (exact) mass is 343 g/mol. The van der Waals surface area contributed by atoms with Gasteiger partial charge in [0.1, 0.15) is 17.8 Å². The number of rotatable bonds is 4. The van der Waals surface area contributed by atoms with Crippen molar-refractivity contribution in [3.8, 4) is 5.75 Å². The number of carbonyl (C=O) groups excluding carboxylic acids is 1. The third-order valence-corrected chi connectivity index (χ3v) is 4.98. The van der Waals surface area contributed by atoms with E-state index in [1.807, 2.05) is 45.2 Å². The highest BCUT2D eigenvalue weighted by Gasteiger charge is 2.36. The number of pyridine rings is 1. The van der Waals surface area contributed by atoms with Crippen molar-refractivity contribution in [1.82, 2.24) is 0 Å². The van der Waals surface area contributed by atoms with Gasteiger partial charge in [0.25, 0.3) is 0 Å². The van der Waals surface area contributed by atoms with Crippen LogP contribution in [-0.4, -0.2) is 22.8 Å². The summed E-state index contributed by atoms with van der Waals surface area (Å²) in [4.78, 5) is 11.7. The van der Waals surface area contributed by atoms with Crippen molar-refractivity contribution in [3.05, 3.63) is 35.7 Å². The molecule has 0 spiro atoms. The van der Waals surface area contributed by atoms with Crippen LogP contribution in [-0.2, 0) is 11.2 Å². The van der Waals surface area contributed by atoms with E-state index in [9.17, 15) is 15.0 Å². The second kappa shape index (κ2) is 5.99. The number of aryl methyl sites for hydroxylation is 1. The van der Waals surface area contributed by atoms with Gasteiger partial charge in [0, 0.05) is 25.3 Å². The van der Waals surface area contributed by atoms with Gasteiger partial charge in [-0.2, -0.15) is 4.57 Å². The first kappa shape index (κ1) is 17.7. The average molecular weight is 343 g/mol. The van der Waals surface area contributed by atoms with Crippen molar-refractivity contribution >= 4 is 16.7 Å². The van der Waals surface area contributed by atoms with E-state index >= 15 is 0 Å². The fourth-order valence-corrected chi connectivity index (χ4v) is 3.54. The molecule has 134 valence electrons. The Hall–Kier alpha value is -2.14. The molecule has 3 rings (SSSR count). The van der Waals surface area contributed by atoms with E-state index in [4.69, 9.17) is 4.74 Å². The quantitative estimate of drug-likeness (QED) is 0.853. The molecule has 2 heterocycles. The molecular weight excluding hydrogens is 318 g/mol. The summed E-state index contributed by atoms with van der Waals surface area (Å²) < 4.78 is 7.81. The molecule has 1 N–H and O–H groups in total. The zero-order valence-corrected chi connectivity index (χ0v) is 15.4. The van der Waals surface area contributed by atoms with Crippen LogP contribution in [0.15, 0.2) is 24.4 Å². The number of benzene rings is 1. The van der Waals surface area contributed by atoms with E-state index in [-0.39, 0.29) is 12.0 Å². The van der Waals surface area contributed by atoms with Crippen LogP contribution in [0.25, 0.3) is 10.8 Å². The summed E-state index contributed by atoms with van der Waals surface area (Å²) in [6.45, 7) is 9.11. The predicted molar refractivity (Wildman–Crippen MR) is 92.2 cm³/mol. The standard InChI is InChI=1S/C20H25NO4/c1-11(2)17(19(22)23)21-10-15-13(8-12(21)3)6-7-14-9-16(20(4,5)24)25-18(14)15/h6-8,10-11,16-17,24H,9H2,1-5H3/t16-,17+/m1/s1. The van der Waals surface area contributed by atoms with Crippen molar-refractivity contribution < 1.29 is 24.3 Å². The number of carbonyl (C=O) groups is 1. The molecular formula is C20H25NO4. The lowest BCUT2D eigenvalue weighted by atomic mass is 9.96. The number of hydrogen-bond acceptors (Lipinski definition) is 4. The van der Waals surface area contributed by atoms with Gasteiger partial charge in [-0.1, -0.05) is 26.0 Å². The Labute approximate surface area is 147 Å². The third-order valence-electron chi connectivity index (χ3n) is 4.98. The minimum absolute atomic E-state index is 0.104. The number of fused-ring (bicyclic) bond motifs is 3. The van der Waals surface area contributed by atoms with Gasteiger partial charge in [-0.05, 0) is 24.8 Å². The molecule has 1 aliphatic rings. The Morgan fingerprint density at radius 1 is 1.40 bits per heavy atom. The number of aliphatic carboxylic acids is 1. The second-order valence-corrected chi connectivity index (χ2v) is 7.85. The summed E-state index contributed by atoms with van der Waals surface area (Å²) in [6, 6.07) is 5.26. The van der Waals surface area contributed by atoms with E-state index in [0.29, 0.717) is 6.42 Å². The SMILES string of the molecule is Cc1cc2ccc3c(c2c[n+]1[C@H](C(=O)[O-])C(C)C)O[C@@H](C(C)(C)O)C3. The lowest BCUT2D eigenvalue weighted by Crippen LogP contribution is -2.53. The lowest BCUT2D eigenvalue weighted by molar-refractivity contribution is -0.726. The summed E-state index contributed by atoms with van der Waals surface area (Å²) >= 11 is 0. The minimum Gasteiger partial charge on any atom is -0.543 e. The van der Waals surface area contributed by atoms with Crippen LogP contribution >= 0.6 is 0 Å². The fourth-order valence-electron chi connectivity index (χ4n) is 3.54. The lowest BCUT2D eigenvalue weighted by Gasteiger charge is -2.24. The molecule has 0 aliphatic carbocycles. The molecule has 1 aromatic heterocycles. The molecule has 5 nitrogen and oxygen atoms in total. The summed E-state index contributed by atoms with van der Waals surface area (Å²) in [6.07, 6.45) is 2.16. The maximum atomic E-state index is 11.7. The molecule has 0 saturated carbocycles. The zero-order chi connectivity index (χ0) is 18.5. The Balaban J connectivity index is 2.16. The van der Waals surface area contributed by atoms with Gasteiger partial charge in [-0.15, -0.1) is 0 Å². The van der Waals surface area contributed by atoms with Crippen LogP contribution in [0.2, 0.25) is 0 Å². The van der Waals surface area contributed by atoms with Crippen LogP contribution in [0.4, 0.5) is 0 Å². The molecule has 0 amide bonds. The number of carboxylic acid groups (broad SMARTS) is 1. The largest absolute Gasteiger partial charge is 0.543 e. The number of carboxylic acids is 1. The van der Waals surface area contributed by atoms with Gasteiger partial charge >= 0.3 is 0 Å².